The summed E-state index contributed by atoms with van der Waals surface area (Å²) in [4.78, 5) is 25.1. The van der Waals surface area contributed by atoms with Crippen molar-refractivity contribution in [3.8, 4) is 0 Å². The van der Waals surface area contributed by atoms with Crippen LogP contribution < -0.4 is 10.6 Å². The van der Waals surface area contributed by atoms with Gasteiger partial charge in [-0.05, 0) is 53.9 Å². The van der Waals surface area contributed by atoms with Gasteiger partial charge in [-0.3, -0.25) is 9.59 Å². The lowest BCUT2D eigenvalue weighted by Crippen LogP contribution is -2.19. The van der Waals surface area contributed by atoms with Crippen molar-refractivity contribution in [2.24, 2.45) is 5.92 Å². The summed E-state index contributed by atoms with van der Waals surface area (Å²) in [5.41, 5.74) is 1.17. The maximum atomic E-state index is 13.3. The third-order valence-electron chi connectivity index (χ3n) is 4.51. The minimum Gasteiger partial charge on any atom is -0.325 e. The lowest BCUT2D eigenvalue weighted by molar-refractivity contribution is -0.117. The average Bonchev–Trinajstić information content (AvgIpc) is 3.49. The molecule has 1 aliphatic rings. The van der Waals surface area contributed by atoms with Gasteiger partial charge in [0.2, 0.25) is 5.91 Å². The summed E-state index contributed by atoms with van der Waals surface area (Å²) in [6, 6.07) is 15.1. The van der Waals surface area contributed by atoms with Crippen LogP contribution in [0.1, 0.15) is 23.2 Å². The quantitative estimate of drug-likeness (QED) is 0.648. The minimum absolute atomic E-state index is 0.0169. The standard InChI is InChI=1S/C21H16ClFN2O2/c22-17-11-15(7-8-18(17)23)24-21(27)16-9-13-3-1-2-4-14(13)10-19(16)25-20(26)12-5-6-12/h1-4,7-12H,5-6H2,(H,24,27)(H,25,26). The van der Waals surface area contributed by atoms with Gasteiger partial charge in [-0.1, -0.05) is 35.9 Å². The minimum atomic E-state index is -0.558. The molecule has 0 atom stereocenters. The Balaban J connectivity index is 1.69. The fourth-order valence-electron chi connectivity index (χ4n) is 2.88. The van der Waals surface area contributed by atoms with Crippen LogP contribution in [0.2, 0.25) is 5.02 Å². The first-order valence-electron chi connectivity index (χ1n) is 8.61. The van der Waals surface area contributed by atoms with E-state index in [2.05, 4.69) is 10.6 Å². The highest BCUT2D eigenvalue weighted by Crippen LogP contribution is 2.32. The Hall–Kier alpha value is -2.92. The van der Waals surface area contributed by atoms with E-state index in [-0.39, 0.29) is 16.8 Å². The molecular formula is C21H16ClFN2O2. The third-order valence-corrected chi connectivity index (χ3v) is 4.80. The summed E-state index contributed by atoms with van der Waals surface area (Å²) in [6.07, 6.45) is 1.74. The summed E-state index contributed by atoms with van der Waals surface area (Å²) in [6.45, 7) is 0. The highest BCUT2D eigenvalue weighted by atomic mass is 35.5. The predicted octanol–water partition coefficient (Wildman–Crippen LogP) is 5.23. The molecule has 2 amide bonds. The van der Waals surface area contributed by atoms with Crippen LogP contribution >= 0.6 is 11.6 Å². The third kappa shape index (κ3) is 3.78. The number of carbonyl (C=O) groups excluding carboxylic acids is 2. The van der Waals surface area contributed by atoms with Gasteiger partial charge in [0.25, 0.3) is 5.91 Å². The van der Waals surface area contributed by atoms with E-state index in [0.29, 0.717) is 16.9 Å². The van der Waals surface area contributed by atoms with Gasteiger partial charge in [-0.15, -0.1) is 0 Å². The van der Waals surface area contributed by atoms with Crippen LogP contribution in [0.15, 0.2) is 54.6 Å². The Bertz CT molecular complexity index is 1060. The molecule has 2 N–H and O–H groups in total. The van der Waals surface area contributed by atoms with E-state index in [1.54, 1.807) is 12.1 Å². The van der Waals surface area contributed by atoms with E-state index in [1.807, 2.05) is 24.3 Å². The van der Waals surface area contributed by atoms with Crippen LogP contribution in [-0.2, 0) is 4.79 Å². The molecule has 1 aliphatic carbocycles. The average molecular weight is 383 g/mol. The molecule has 136 valence electrons. The van der Waals surface area contributed by atoms with Gasteiger partial charge in [0, 0.05) is 11.6 Å². The molecule has 0 unspecified atom stereocenters. The van der Waals surface area contributed by atoms with Crippen LogP contribution in [0.5, 0.6) is 0 Å². The molecule has 0 spiro atoms. The number of fused-ring (bicyclic) bond motifs is 1. The van der Waals surface area contributed by atoms with Gasteiger partial charge in [0.05, 0.1) is 16.3 Å². The van der Waals surface area contributed by atoms with Gasteiger partial charge >= 0.3 is 0 Å². The summed E-state index contributed by atoms with van der Waals surface area (Å²) >= 11 is 5.78. The number of rotatable bonds is 4. The van der Waals surface area contributed by atoms with Crippen molar-refractivity contribution >= 4 is 45.6 Å². The molecule has 3 aromatic carbocycles. The van der Waals surface area contributed by atoms with E-state index < -0.39 is 11.7 Å². The zero-order valence-corrected chi connectivity index (χ0v) is 15.0. The molecule has 4 rings (SSSR count). The number of hydrogen-bond acceptors (Lipinski definition) is 2. The lowest BCUT2D eigenvalue weighted by atomic mass is 10.0. The normalized spacial score (nSPS) is 13.4. The van der Waals surface area contributed by atoms with Crippen LogP contribution in [0.25, 0.3) is 10.8 Å². The molecule has 1 saturated carbocycles. The van der Waals surface area contributed by atoms with Crippen molar-refractivity contribution in [3.05, 3.63) is 71.0 Å². The fraction of sp³-hybridized carbons (Fsp3) is 0.143. The second-order valence-corrected chi connectivity index (χ2v) is 7.00. The van der Waals surface area contributed by atoms with Gasteiger partial charge in [-0.2, -0.15) is 0 Å². The number of nitrogens with one attached hydrogen (secondary N) is 2. The van der Waals surface area contributed by atoms with Gasteiger partial charge < -0.3 is 10.6 Å². The highest BCUT2D eigenvalue weighted by Gasteiger charge is 2.30. The van der Waals surface area contributed by atoms with E-state index in [4.69, 9.17) is 11.6 Å². The summed E-state index contributed by atoms with van der Waals surface area (Å²) in [5.74, 6) is -1.03. The summed E-state index contributed by atoms with van der Waals surface area (Å²) < 4.78 is 13.3. The molecule has 0 heterocycles. The van der Waals surface area contributed by atoms with E-state index in [1.165, 1.54) is 18.2 Å². The molecule has 0 saturated heterocycles. The van der Waals surface area contributed by atoms with Crippen molar-refractivity contribution in [1.82, 2.24) is 0 Å². The fourth-order valence-corrected chi connectivity index (χ4v) is 3.06. The monoisotopic (exact) mass is 382 g/mol. The van der Waals surface area contributed by atoms with E-state index in [0.717, 1.165) is 23.6 Å². The van der Waals surface area contributed by atoms with Crippen molar-refractivity contribution < 1.29 is 14.0 Å². The number of amides is 2. The second-order valence-electron chi connectivity index (χ2n) is 6.59. The van der Waals surface area contributed by atoms with Gasteiger partial charge in [0.1, 0.15) is 5.82 Å². The molecule has 4 nitrogen and oxygen atoms in total. The SMILES string of the molecule is O=C(Nc1ccc(F)c(Cl)c1)c1cc2ccccc2cc1NC(=O)C1CC1. The lowest BCUT2D eigenvalue weighted by Gasteiger charge is -2.13. The molecular weight excluding hydrogens is 367 g/mol. The maximum absolute atomic E-state index is 13.3. The number of halogens is 2. The Morgan fingerprint density at radius 1 is 0.963 bits per heavy atom. The molecule has 0 bridgehead atoms. The van der Waals surface area contributed by atoms with Crippen molar-refractivity contribution in [3.63, 3.8) is 0 Å². The Morgan fingerprint density at radius 2 is 1.67 bits per heavy atom. The van der Waals surface area contributed by atoms with Crippen LogP contribution in [-0.4, -0.2) is 11.8 Å². The number of hydrogen-bond donors (Lipinski definition) is 2. The zero-order valence-electron chi connectivity index (χ0n) is 14.3. The molecule has 0 aliphatic heterocycles. The number of anilines is 2. The smallest absolute Gasteiger partial charge is 0.257 e. The topological polar surface area (TPSA) is 58.2 Å². The highest BCUT2D eigenvalue weighted by molar-refractivity contribution is 6.31. The zero-order chi connectivity index (χ0) is 19.0. The van der Waals surface area contributed by atoms with E-state index >= 15 is 0 Å². The molecule has 3 aromatic rings. The second kappa shape index (κ2) is 7.00. The van der Waals surface area contributed by atoms with Crippen LogP contribution in [0, 0.1) is 11.7 Å². The Kier molecular flexibility index (Phi) is 4.54. The molecule has 6 heteroatoms. The van der Waals surface area contributed by atoms with Crippen LogP contribution in [0.3, 0.4) is 0 Å². The molecule has 0 aromatic heterocycles. The first-order chi connectivity index (χ1) is 13.0. The first kappa shape index (κ1) is 17.5. The largest absolute Gasteiger partial charge is 0.325 e. The van der Waals surface area contributed by atoms with E-state index in [9.17, 15) is 14.0 Å². The summed E-state index contributed by atoms with van der Waals surface area (Å²) in [7, 11) is 0. The molecule has 0 radical (unpaired) electrons. The first-order valence-corrected chi connectivity index (χ1v) is 8.99. The number of carbonyl (C=O) groups is 2. The Labute approximate surface area is 160 Å². The molecule has 1 fully saturated rings. The van der Waals surface area contributed by atoms with Crippen molar-refractivity contribution in [1.29, 1.82) is 0 Å². The summed E-state index contributed by atoms with van der Waals surface area (Å²) in [5, 5.41) is 7.30. The molecule has 27 heavy (non-hydrogen) atoms. The van der Waals surface area contributed by atoms with Crippen molar-refractivity contribution in [2.75, 3.05) is 10.6 Å². The maximum Gasteiger partial charge on any atom is 0.257 e. The van der Waals surface area contributed by atoms with Crippen molar-refractivity contribution in [2.45, 2.75) is 12.8 Å². The van der Waals surface area contributed by atoms with Gasteiger partial charge in [0.15, 0.2) is 0 Å². The number of benzene rings is 3. The van der Waals surface area contributed by atoms with Crippen LogP contribution in [0.4, 0.5) is 15.8 Å². The predicted molar refractivity (Wildman–Crippen MR) is 105 cm³/mol. The Morgan fingerprint density at radius 3 is 2.33 bits per heavy atom. The van der Waals surface area contributed by atoms with Gasteiger partial charge in [-0.25, -0.2) is 4.39 Å².